The van der Waals surface area contributed by atoms with Crippen molar-refractivity contribution in [2.24, 2.45) is 4.99 Å². The highest BCUT2D eigenvalue weighted by Gasteiger charge is 2.51. The van der Waals surface area contributed by atoms with Crippen molar-refractivity contribution in [3.05, 3.63) is 251 Å². The van der Waals surface area contributed by atoms with Crippen LogP contribution in [0.2, 0.25) is 0 Å². The average Bonchev–Trinajstić information content (AvgIpc) is 3.62. The number of para-hydroxylation sites is 2. The summed E-state index contributed by atoms with van der Waals surface area (Å²) in [6.07, 6.45) is -0.509. The molecule has 9 aromatic carbocycles. The summed E-state index contributed by atoms with van der Waals surface area (Å²) in [7, 11) is 0. The van der Waals surface area contributed by atoms with E-state index < -0.39 is 5.41 Å². The molecule has 0 amide bonds. The number of hydrogen-bond acceptors (Lipinski definition) is 4. The highest BCUT2D eigenvalue weighted by Crippen LogP contribution is 2.63. The van der Waals surface area contributed by atoms with Gasteiger partial charge >= 0.3 is 0 Å². The SMILES string of the molecule is c1ccc(-c2cccc(C3N=C(c4ccc5ccccc5c4)NC(c4cccc(-c5cccc6c5-c5ccccc5C65c6ccccc6Oc6ccccc65)c4)N3)c2)cc1. The molecule has 0 bridgehead atoms. The van der Waals surface area contributed by atoms with E-state index in [1.165, 1.54) is 60.8 Å². The van der Waals surface area contributed by atoms with Crippen LogP contribution in [-0.2, 0) is 5.41 Å². The molecule has 0 radical (unpaired) electrons. The molecule has 3 aliphatic rings. The van der Waals surface area contributed by atoms with E-state index in [-0.39, 0.29) is 12.3 Å². The van der Waals surface area contributed by atoms with E-state index in [4.69, 9.17) is 9.73 Å². The number of ether oxygens (including phenoxy) is 1. The Hall–Kier alpha value is -7.53. The second kappa shape index (κ2) is 13.8. The largest absolute Gasteiger partial charge is 0.457 e. The fourth-order valence-corrected chi connectivity index (χ4v) is 9.93. The zero-order valence-electron chi connectivity index (χ0n) is 32.7. The maximum Gasteiger partial charge on any atom is 0.132 e. The molecule has 1 spiro atoms. The number of amidine groups is 1. The molecule has 12 rings (SSSR count). The molecule has 0 aromatic heterocycles. The molecular formula is C56H39N3O. The standard InChI is InChI=1S/C56H39N3O/c1-2-15-36(16-3-1)39-19-12-21-41(33-39)53-57-54(59-55(58-53)43-32-31-37-17-4-5-18-38(37)34-43)42-22-13-20-40(35-42)44-24-14-28-49-52(44)45-23-6-7-25-46(45)56(49)47-26-8-10-29-50(47)60-51-30-11-9-27-48(51)56/h1-35,53-54,57H,(H,58,59). The van der Waals surface area contributed by atoms with Crippen LogP contribution in [0.5, 0.6) is 11.5 Å². The molecule has 9 aromatic rings. The number of benzene rings is 9. The molecule has 2 unspecified atom stereocenters. The van der Waals surface area contributed by atoms with Crippen molar-refractivity contribution in [1.29, 1.82) is 0 Å². The minimum absolute atomic E-state index is 0.223. The van der Waals surface area contributed by atoms with Crippen LogP contribution in [0.1, 0.15) is 51.3 Å². The molecular weight excluding hydrogens is 731 g/mol. The van der Waals surface area contributed by atoms with Gasteiger partial charge in [0.2, 0.25) is 0 Å². The van der Waals surface area contributed by atoms with Gasteiger partial charge in [-0.2, -0.15) is 0 Å². The maximum atomic E-state index is 6.60. The van der Waals surface area contributed by atoms with Gasteiger partial charge in [-0.1, -0.05) is 182 Å². The predicted octanol–water partition coefficient (Wildman–Crippen LogP) is 13.0. The minimum Gasteiger partial charge on any atom is -0.457 e. The number of rotatable bonds is 5. The number of nitrogens with one attached hydrogen (secondary N) is 2. The van der Waals surface area contributed by atoms with E-state index in [1.807, 2.05) is 0 Å². The Balaban J connectivity index is 0.991. The van der Waals surface area contributed by atoms with Gasteiger partial charge in [0.15, 0.2) is 0 Å². The summed E-state index contributed by atoms with van der Waals surface area (Å²) in [4.78, 5) is 5.36. The molecule has 1 aliphatic carbocycles. The first-order chi connectivity index (χ1) is 29.7. The number of hydrogen-bond donors (Lipinski definition) is 2. The van der Waals surface area contributed by atoms with Gasteiger partial charge in [0.1, 0.15) is 29.7 Å². The molecule has 0 fully saturated rings. The van der Waals surface area contributed by atoms with Crippen molar-refractivity contribution in [3.63, 3.8) is 0 Å². The maximum absolute atomic E-state index is 6.60. The Morgan fingerprint density at radius 1 is 0.417 bits per heavy atom. The smallest absolute Gasteiger partial charge is 0.132 e. The third-order valence-electron chi connectivity index (χ3n) is 12.6. The summed E-state index contributed by atoms with van der Waals surface area (Å²) >= 11 is 0. The van der Waals surface area contributed by atoms with Crippen molar-refractivity contribution in [1.82, 2.24) is 10.6 Å². The van der Waals surface area contributed by atoms with E-state index in [1.54, 1.807) is 0 Å². The van der Waals surface area contributed by atoms with Gasteiger partial charge in [0, 0.05) is 16.7 Å². The van der Waals surface area contributed by atoms with Crippen molar-refractivity contribution < 1.29 is 4.74 Å². The molecule has 2 aliphatic heterocycles. The van der Waals surface area contributed by atoms with E-state index in [9.17, 15) is 0 Å². The molecule has 4 heteroatoms. The van der Waals surface area contributed by atoms with Crippen LogP contribution in [0.4, 0.5) is 0 Å². The second-order valence-electron chi connectivity index (χ2n) is 15.9. The van der Waals surface area contributed by atoms with Crippen LogP contribution in [0.3, 0.4) is 0 Å². The Morgan fingerprint density at radius 3 is 1.83 bits per heavy atom. The van der Waals surface area contributed by atoms with Crippen molar-refractivity contribution in [2.75, 3.05) is 0 Å². The van der Waals surface area contributed by atoms with E-state index in [0.717, 1.165) is 39.6 Å². The van der Waals surface area contributed by atoms with Gasteiger partial charge in [-0.15, -0.1) is 0 Å². The predicted molar refractivity (Wildman–Crippen MR) is 243 cm³/mol. The topological polar surface area (TPSA) is 45.7 Å². The van der Waals surface area contributed by atoms with Crippen molar-refractivity contribution in [3.8, 4) is 44.9 Å². The van der Waals surface area contributed by atoms with Gasteiger partial charge in [-0.3, -0.25) is 5.32 Å². The molecule has 0 saturated heterocycles. The van der Waals surface area contributed by atoms with Gasteiger partial charge in [-0.25, -0.2) is 4.99 Å². The quantitative estimate of drug-likeness (QED) is 0.183. The van der Waals surface area contributed by atoms with Crippen LogP contribution in [0, 0.1) is 0 Å². The lowest BCUT2D eigenvalue weighted by Crippen LogP contribution is -2.45. The first kappa shape index (κ1) is 34.5. The van der Waals surface area contributed by atoms with Crippen LogP contribution in [0.15, 0.2) is 217 Å². The third kappa shape index (κ3) is 5.38. The molecule has 2 N–H and O–H groups in total. The van der Waals surface area contributed by atoms with Gasteiger partial charge in [-0.05, 0) is 96.7 Å². The van der Waals surface area contributed by atoms with E-state index in [0.29, 0.717) is 0 Å². The highest BCUT2D eigenvalue weighted by molar-refractivity contribution is 6.03. The molecule has 2 heterocycles. The Morgan fingerprint density at radius 2 is 1.02 bits per heavy atom. The summed E-state index contributed by atoms with van der Waals surface area (Å²) in [5.74, 6) is 2.65. The van der Waals surface area contributed by atoms with Gasteiger partial charge < -0.3 is 10.1 Å². The minimum atomic E-state index is -0.524. The number of fused-ring (bicyclic) bond motifs is 10. The van der Waals surface area contributed by atoms with Crippen molar-refractivity contribution >= 4 is 16.6 Å². The fraction of sp³-hybridized carbons (Fsp3) is 0.0536. The molecule has 2 atom stereocenters. The van der Waals surface area contributed by atoms with E-state index >= 15 is 0 Å². The highest BCUT2D eigenvalue weighted by atomic mass is 16.5. The second-order valence-corrected chi connectivity index (χ2v) is 15.9. The number of nitrogens with zero attached hydrogens (tertiary/aromatic N) is 1. The van der Waals surface area contributed by atoms with Gasteiger partial charge in [0.25, 0.3) is 0 Å². The summed E-state index contributed by atoms with van der Waals surface area (Å²) in [5.41, 5.74) is 14.9. The zero-order chi connectivity index (χ0) is 39.6. The van der Waals surface area contributed by atoms with Crippen LogP contribution < -0.4 is 15.4 Å². The first-order valence-electron chi connectivity index (χ1n) is 20.7. The van der Waals surface area contributed by atoms with Crippen molar-refractivity contribution in [2.45, 2.75) is 17.7 Å². The van der Waals surface area contributed by atoms with Crippen LogP contribution in [0.25, 0.3) is 44.2 Å². The fourth-order valence-electron chi connectivity index (χ4n) is 9.93. The number of aliphatic imine (C=N–C) groups is 1. The summed E-state index contributed by atoms with van der Waals surface area (Å²) in [6, 6.07) is 76.3. The van der Waals surface area contributed by atoms with Crippen LogP contribution in [-0.4, -0.2) is 5.84 Å². The van der Waals surface area contributed by atoms with Crippen LogP contribution >= 0.6 is 0 Å². The summed E-state index contributed by atoms with van der Waals surface area (Å²) in [5, 5.41) is 10.1. The Bertz CT molecular complexity index is 3120. The first-order valence-corrected chi connectivity index (χ1v) is 20.7. The van der Waals surface area contributed by atoms with Gasteiger partial charge in [0.05, 0.1) is 5.41 Å². The lowest BCUT2D eigenvalue weighted by atomic mass is 9.66. The molecule has 0 saturated carbocycles. The monoisotopic (exact) mass is 769 g/mol. The summed E-state index contributed by atoms with van der Waals surface area (Å²) < 4.78 is 6.60. The average molecular weight is 770 g/mol. The summed E-state index contributed by atoms with van der Waals surface area (Å²) in [6.45, 7) is 0. The zero-order valence-corrected chi connectivity index (χ0v) is 32.7. The Labute approximate surface area is 349 Å². The van der Waals surface area contributed by atoms with E-state index in [2.05, 4.69) is 223 Å². The lowest BCUT2D eigenvalue weighted by Gasteiger charge is -2.39. The Kier molecular flexibility index (Phi) is 7.94. The third-order valence-corrected chi connectivity index (χ3v) is 12.6. The molecule has 60 heavy (non-hydrogen) atoms. The molecule has 284 valence electrons. The molecule has 4 nitrogen and oxygen atoms in total. The normalized spacial score (nSPS) is 16.8. The lowest BCUT2D eigenvalue weighted by molar-refractivity contribution is 0.409.